The number of ether oxygens (including phenoxy) is 1. The minimum atomic E-state index is 0.535. The summed E-state index contributed by atoms with van der Waals surface area (Å²) in [4.78, 5) is 0. The van der Waals surface area contributed by atoms with Gasteiger partial charge >= 0.3 is 0 Å². The van der Waals surface area contributed by atoms with Crippen LogP contribution in [0.1, 0.15) is 33.3 Å². The highest BCUT2D eigenvalue weighted by Crippen LogP contribution is 2.16. The van der Waals surface area contributed by atoms with E-state index < -0.39 is 0 Å². The van der Waals surface area contributed by atoms with Gasteiger partial charge in [-0.1, -0.05) is 39.8 Å². The number of hydrogen-bond acceptors (Lipinski definition) is 2. The van der Waals surface area contributed by atoms with E-state index >= 15 is 0 Å². The number of benzene rings is 1. The Morgan fingerprint density at radius 2 is 1.67 bits per heavy atom. The maximum atomic E-state index is 5.69. The fourth-order valence-corrected chi connectivity index (χ4v) is 1.91. The zero-order chi connectivity index (χ0) is 13.5. The molecule has 0 heterocycles. The van der Waals surface area contributed by atoms with E-state index in [1.54, 1.807) is 0 Å². The lowest BCUT2D eigenvalue weighted by molar-refractivity contribution is 0.271. The Kier molecular flexibility index (Phi) is 6.20. The molecule has 18 heavy (non-hydrogen) atoms. The lowest BCUT2D eigenvalue weighted by Gasteiger charge is -2.20. The second-order valence-corrected chi connectivity index (χ2v) is 5.69. The van der Waals surface area contributed by atoms with Crippen molar-refractivity contribution in [1.29, 1.82) is 0 Å². The van der Waals surface area contributed by atoms with Gasteiger partial charge in [-0.05, 0) is 43.0 Å². The van der Waals surface area contributed by atoms with Gasteiger partial charge in [-0.3, -0.25) is 0 Å². The number of hydrogen-bond donors (Lipinski definition) is 1. The van der Waals surface area contributed by atoms with Crippen LogP contribution in [0.3, 0.4) is 0 Å². The SMILES string of the molecule is CNC(Cc1ccc(OCC(C)C)cc1)C(C)C. The Morgan fingerprint density at radius 1 is 1.06 bits per heavy atom. The van der Waals surface area contributed by atoms with E-state index in [1.807, 2.05) is 7.05 Å². The van der Waals surface area contributed by atoms with E-state index in [-0.39, 0.29) is 0 Å². The van der Waals surface area contributed by atoms with Crippen LogP contribution < -0.4 is 10.1 Å². The van der Waals surface area contributed by atoms with Crippen LogP contribution in [0.5, 0.6) is 5.75 Å². The zero-order valence-electron chi connectivity index (χ0n) is 12.4. The summed E-state index contributed by atoms with van der Waals surface area (Å²) in [6.07, 6.45) is 1.07. The van der Waals surface area contributed by atoms with E-state index in [4.69, 9.17) is 4.74 Å². The van der Waals surface area contributed by atoms with E-state index in [1.165, 1.54) is 5.56 Å². The molecule has 1 atom stereocenters. The molecule has 1 N–H and O–H groups in total. The Balaban J connectivity index is 2.54. The highest BCUT2D eigenvalue weighted by molar-refractivity contribution is 5.27. The number of nitrogens with one attached hydrogen (secondary N) is 1. The average molecular weight is 249 g/mol. The van der Waals surface area contributed by atoms with E-state index in [2.05, 4.69) is 57.3 Å². The van der Waals surface area contributed by atoms with Crippen molar-refractivity contribution in [2.75, 3.05) is 13.7 Å². The maximum absolute atomic E-state index is 5.69. The first kappa shape index (κ1) is 15.0. The molecule has 0 aliphatic rings. The zero-order valence-corrected chi connectivity index (χ0v) is 12.4. The Hall–Kier alpha value is -1.02. The molecule has 0 saturated carbocycles. The summed E-state index contributed by atoms with van der Waals surface area (Å²) in [7, 11) is 2.03. The van der Waals surface area contributed by atoms with Gasteiger partial charge in [0.1, 0.15) is 5.75 Å². The van der Waals surface area contributed by atoms with Crippen molar-refractivity contribution >= 4 is 0 Å². The van der Waals surface area contributed by atoms with Crippen LogP contribution in [-0.4, -0.2) is 19.7 Å². The van der Waals surface area contributed by atoms with E-state index in [9.17, 15) is 0 Å². The minimum absolute atomic E-state index is 0.535. The normalized spacial score (nSPS) is 13.1. The van der Waals surface area contributed by atoms with Crippen molar-refractivity contribution < 1.29 is 4.74 Å². The standard InChI is InChI=1S/C16H27NO/c1-12(2)11-18-15-8-6-14(7-9-15)10-16(17-5)13(3)4/h6-9,12-13,16-17H,10-11H2,1-5H3. The van der Waals surface area contributed by atoms with Gasteiger partial charge in [0.15, 0.2) is 0 Å². The molecule has 0 bridgehead atoms. The predicted molar refractivity (Wildman–Crippen MR) is 78.2 cm³/mol. The van der Waals surface area contributed by atoms with Gasteiger partial charge in [-0.15, -0.1) is 0 Å². The highest BCUT2D eigenvalue weighted by atomic mass is 16.5. The second-order valence-electron chi connectivity index (χ2n) is 5.69. The highest BCUT2D eigenvalue weighted by Gasteiger charge is 2.11. The molecule has 1 unspecified atom stereocenters. The summed E-state index contributed by atoms with van der Waals surface area (Å²) in [6, 6.07) is 9.02. The van der Waals surface area contributed by atoms with E-state index in [0.29, 0.717) is 17.9 Å². The lowest BCUT2D eigenvalue weighted by Crippen LogP contribution is -2.32. The average Bonchev–Trinajstić information content (AvgIpc) is 2.34. The van der Waals surface area contributed by atoms with Crippen LogP contribution in [0, 0.1) is 11.8 Å². The van der Waals surface area contributed by atoms with Gasteiger partial charge in [-0.2, -0.15) is 0 Å². The Morgan fingerprint density at radius 3 is 2.11 bits per heavy atom. The quantitative estimate of drug-likeness (QED) is 0.798. The first-order valence-electron chi connectivity index (χ1n) is 6.92. The molecular weight excluding hydrogens is 222 g/mol. The summed E-state index contributed by atoms with van der Waals surface area (Å²) in [5.74, 6) is 2.18. The third-order valence-electron chi connectivity index (χ3n) is 3.14. The van der Waals surface area contributed by atoms with Crippen molar-refractivity contribution in [3.63, 3.8) is 0 Å². The third kappa shape index (κ3) is 5.09. The molecule has 0 fully saturated rings. The van der Waals surface area contributed by atoms with E-state index in [0.717, 1.165) is 18.8 Å². The molecular formula is C16H27NO. The van der Waals surface area contributed by atoms with Crippen LogP contribution >= 0.6 is 0 Å². The molecule has 102 valence electrons. The van der Waals surface area contributed by atoms with Crippen LogP contribution in [0.15, 0.2) is 24.3 Å². The van der Waals surface area contributed by atoms with Gasteiger partial charge in [0, 0.05) is 6.04 Å². The first-order valence-corrected chi connectivity index (χ1v) is 6.92. The molecule has 0 radical (unpaired) electrons. The molecule has 0 aromatic heterocycles. The summed E-state index contributed by atoms with van der Waals surface area (Å²) in [5.41, 5.74) is 1.36. The van der Waals surface area contributed by atoms with Gasteiger partial charge in [0.05, 0.1) is 6.61 Å². The third-order valence-corrected chi connectivity index (χ3v) is 3.14. The molecule has 1 aromatic carbocycles. The van der Waals surface area contributed by atoms with Crippen LogP contribution in [0.2, 0.25) is 0 Å². The fraction of sp³-hybridized carbons (Fsp3) is 0.625. The summed E-state index contributed by atoms with van der Waals surface area (Å²) in [5, 5.41) is 3.37. The predicted octanol–water partition coefficient (Wildman–Crippen LogP) is 3.51. The van der Waals surface area contributed by atoms with Crippen molar-refractivity contribution in [1.82, 2.24) is 5.32 Å². The Labute approximate surface area is 112 Å². The smallest absolute Gasteiger partial charge is 0.119 e. The summed E-state index contributed by atoms with van der Waals surface area (Å²) < 4.78 is 5.69. The molecule has 1 rings (SSSR count). The fourth-order valence-electron chi connectivity index (χ4n) is 1.91. The second kappa shape index (κ2) is 7.42. The summed E-state index contributed by atoms with van der Waals surface area (Å²) >= 11 is 0. The molecule has 0 saturated heterocycles. The topological polar surface area (TPSA) is 21.3 Å². The van der Waals surface area contributed by atoms with Gasteiger partial charge in [0.2, 0.25) is 0 Å². The Bertz CT molecular complexity index is 329. The number of rotatable bonds is 7. The lowest BCUT2D eigenvalue weighted by atomic mass is 9.96. The molecule has 0 aliphatic carbocycles. The summed E-state index contributed by atoms with van der Waals surface area (Å²) in [6.45, 7) is 9.61. The molecule has 1 aromatic rings. The minimum Gasteiger partial charge on any atom is -0.493 e. The maximum Gasteiger partial charge on any atom is 0.119 e. The van der Waals surface area contributed by atoms with Crippen LogP contribution in [-0.2, 0) is 6.42 Å². The molecule has 0 spiro atoms. The van der Waals surface area contributed by atoms with Gasteiger partial charge < -0.3 is 10.1 Å². The van der Waals surface area contributed by atoms with Crippen molar-refractivity contribution in [3.05, 3.63) is 29.8 Å². The molecule has 2 nitrogen and oxygen atoms in total. The van der Waals surface area contributed by atoms with Crippen molar-refractivity contribution in [2.45, 2.75) is 40.2 Å². The van der Waals surface area contributed by atoms with Crippen molar-refractivity contribution in [2.24, 2.45) is 11.8 Å². The molecule has 0 amide bonds. The molecule has 2 heteroatoms. The van der Waals surface area contributed by atoms with Crippen LogP contribution in [0.4, 0.5) is 0 Å². The van der Waals surface area contributed by atoms with Crippen molar-refractivity contribution in [3.8, 4) is 5.75 Å². The first-order chi connectivity index (χ1) is 8.52. The molecule has 0 aliphatic heterocycles. The number of likely N-dealkylation sites (N-methyl/N-ethyl adjacent to an activating group) is 1. The monoisotopic (exact) mass is 249 g/mol. The largest absolute Gasteiger partial charge is 0.493 e. The van der Waals surface area contributed by atoms with Gasteiger partial charge in [0.25, 0.3) is 0 Å². The van der Waals surface area contributed by atoms with Crippen LogP contribution in [0.25, 0.3) is 0 Å². The van der Waals surface area contributed by atoms with Gasteiger partial charge in [-0.25, -0.2) is 0 Å².